The third-order valence-corrected chi connectivity index (χ3v) is 1.89. The average molecular weight is 261 g/mol. The number of nitrogens with two attached hydrogens (primary N) is 1. The smallest absolute Gasteiger partial charge is 0.242 e. The zero-order valence-corrected chi connectivity index (χ0v) is 12.8. The van der Waals surface area contributed by atoms with Gasteiger partial charge in [-0.3, -0.25) is 9.59 Å². The van der Waals surface area contributed by atoms with Crippen molar-refractivity contribution < 1.29 is 9.59 Å². The number of nitrogens with one attached hydrogen (secondary N) is 2. The fourth-order valence-corrected chi connectivity index (χ4v) is 1.18. The van der Waals surface area contributed by atoms with E-state index in [0.29, 0.717) is 13.0 Å². The van der Waals surface area contributed by atoms with Crippen LogP contribution in [-0.2, 0) is 9.59 Å². The molecule has 0 bridgehead atoms. The molecule has 0 aliphatic rings. The second-order valence-corrected chi connectivity index (χ2v) is 3.15. The van der Waals surface area contributed by atoms with Crippen molar-refractivity contribution in [3.05, 3.63) is 0 Å². The normalized spacial score (nSPS) is 9.94. The van der Waals surface area contributed by atoms with E-state index < -0.39 is 6.04 Å². The monoisotopic (exact) mass is 261 g/mol. The highest BCUT2D eigenvalue weighted by Crippen LogP contribution is 2.00. The standard InChI is InChI=1S/C9H19N3O2.2C2H6/c1-7(13)12-8(9(14)11-2)5-3-4-6-10;2*1-2/h8H,3-6,10H2,1-2H3,(H,11,14)(H,12,13);2*1-2H3. The SMILES string of the molecule is CC.CC.CNC(=O)C(CCCCN)NC(C)=O. The first-order valence-electron chi connectivity index (χ1n) is 6.80. The molecule has 0 radical (unpaired) electrons. The van der Waals surface area contributed by atoms with E-state index >= 15 is 0 Å². The van der Waals surface area contributed by atoms with E-state index in [4.69, 9.17) is 5.73 Å². The van der Waals surface area contributed by atoms with Crippen LogP contribution in [-0.4, -0.2) is 31.4 Å². The Labute approximate surface area is 112 Å². The number of carbonyl (C=O) groups excluding carboxylic acids is 2. The minimum absolute atomic E-state index is 0.155. The summed E-state index contributed by atoms with van der Waals surface area (Å²) in [6.45, 7) is 10.0. The molecular weight excluding hydrogens is 230 g/mol. The van der Waals surface area contributed by atoms with Gasteiger partial charge in [-0.1, -0.05) is 27.7 Å². The Hall–Kier alpha value is -1.10. The van der Waals surface area contributed by atoms with Crippen LogP contribution in [0.15, 0.2) is 0 Å². The Balaban J connectivity index is -0.000000506. The van der Waals surface area contributed by atoms with Gasteiger partial charge in [-0.2, -0.15) is 0 Å². The van der Waals surface area contributed by atoms with Crippen LogP contribution >= 0.6 is 0 Å². The molecule has 0 fully saturated rings. The summed E-state index contributed by atoms with van der Waals surface area (Å²) < 4.78 is 0. The fourth-order valence-electron chi connectivity index (χ4n) is 1.18. The van der Waals surface area contributed by atoms with Crippen molar-refractivity contribution in [3.63, 3.8) is 0 Å². The largest absolute Gasteiger partial charge is 0.357 e. The molecular formula is C13H31N3O2. The predicted octanol–water partition coefficient (Wildman–Crippen LogP) is 1.42. The number of carbonyl (C=O) groups is 2. The molecule has 5 heteroatoms. The minimum atomic E-state index is -0.427. The predicted molar refractivity (Wildman–Crippen MR) is 77.3 cm³/mol. The van der Waals surface area contributed by atoms with Gasteiger partial charge in [0.1, 0.15) is 6.04 Å². The van der Waals surface area contributed by atoms with Gasteiger partial charge in [-0.25, -0.2) is 0 Å². The summed E-state index contributed by atoms with van der Waals surface area (Å²) in [5, 5.41) is 5.11. The van der Waals surface area contributed by atoms with E-state index in [1.165, 1.54) is 6.92 Å². The first kappa shape index (κ1) is 22.1. The number of hydrogen-bond donors (Lipinski definition) is 3. The maximum Gasteiger partial charge on any atom is 0.242 e. The quantitative estimate of drug-likeness (QED) is 0.632. The Morgan fingerprint density at radius 1 is 1.11 bits per heavy atom. The molecule has 0 aromatic heterocycles. The molecule has 5 nitrogen and oxygen atoms in total. The lowest BCUT2D eigenvalue weighted by atomic mass is 10.1. The van der Waals surface area contributed by atoms with Crippen LogP contribution in [0.3, 0.4) is 0 Å². The van der Waals surface area contributed by atoms with Crippen LogP contribution in [0.4, 0.5) is 0 Å². The molecule has 0 saturated heterocycles. The van der Waals surface area contributed by atoms with Gasteiger partial charge in [0.05, 0.1) is 0 Å². The van der Waals surface area contributed by atoms with Crippen LogP contribution in [0.5, 0.6) is 0 Å². The van der Waals surface area contributed by atoms with E-state index in [0.717, 1.165) is 12.8 Å². The molecule has 0 heterocycles. The summed E-state index contributed by atoms with van der Waals surface area (Å²) in [6, 6.07) is -0.427. The van der Waals surface area contributed by atoms with Gasteiger partial charge >= 0.3 is 0 Å². The summed E-state index contributed by atoms with van der Waals surface area (Å²) in [5.74, 6) is -0.344. The van der Waals surface area contributed by atoms with Crippen molar-refractivity contribution in [1.29, 1.82) is 0 Å². The highest BCUT2D eigenvalue weighted by atomic mass is 16.2. The topological polar surface area (TPSA) is 84.2 Å². The molecule has 1 unspecified atom stereocenters. The van der Waals surface area contributed by atoms with Crippen LogP contribution < -0.4 is 16.4 Å². The lowest BCUT2D eigenvalue weighted by Crippen LogP contribution is -2.44. The van der Waals surface area contributed by atoms with E-state index in [1.807, 2.05) is 27.7 Å². The molecule has 1 atom stereocenters. The maximum atomic E-state index is 11.3. The van der Waals surface area contributed by atoms with Crippen molar-refractivity contribution >= 4 is 11.8 Å². The van der Waals surface area contributed by atoms with Crippen LogP contribution in [0.1, 0.15) is 53.9 Å². The van der Waals surface area contributed by atoms with Crippen molar-refractivity contribution in [2.45, 2.75) is 59.9 Å². The molecule has 4 N–H and O–H groups in total. The van der Waals surface area contributed by atoms with Gasteiger partial charge < -0.3 is 16.4 Å². The zero-order chi connectivity index (χ0) is 15.0. The van der Waals surface area contributed by atoms with Crippen molar-refractivity contribution in [3.8, 4) is 0 Å². The number of hydrogen-bond acceptors (Lipinski definition) is 3. The maximum absolute atomic E-state index is 11.3. The average Bonchev–Trinajstić information content (AvgIpc) is 2.41. The molecule has 0 aliphatic carbocycles. The summed E-state index contributed by atoms with van der Waals surface area (Å²) in [7, 11) is 1.56. The molecule has 0 aliphatic heterocycles. The number of amides is 2. The summed E-state index contributed by atoms with van der Waals surface area (Å²) in [6.07, 6.45) is 2.35. The highest BCUT2D eigenvalue weighted by Gasteiger charge is 2.16. The Morgan fingerprint density at radius 2 is 1.61 bits per heavy atom. The minimum Gasteiger partial charge on any atom is -0.357 e. The van der Waals surface area contributed by atoms with E-state index in [9.17, 15) is 9.59 Å². The van der Waals surface area contributed by atoms with Gasteiger partial charge in [0.25, 0.3) is 0 Å². The summed E-state index contributed by atoms with van der Waals surface area (Å²) >= 11 is 0. The molecule has 0 saturated carbocycles. The Bertz CT molecular complexity index is 197. The summed E-state index contributed by atoms with van der Waals surface area (Å²) in [5.41, 5.74) is 5.34. The number of rotatable bonds is 6. The van der Waals surface area contributed by atoms with Crippen LogP contribution in [0, 0.1) is 0 Å². The van der Waals surface area contributed by atoms with Crippen LogP contribution in [0.25, 0.3) is 0 Å². The van der Waals surface area contributed by atoms with Gasteiger partial charge in [0.15, 0.2) is 0 Å². The number of likely N-dealkylation sites (N-methyl/N-ethyl adjacent to an activating group) is 1. The second kappa shape index (κ2) is 18.3. The van der Waals surface area contributed by atoms with E-state index in [2.05, 4.69) is 10.6 Å². The number of unbranched alkanes of at least 4 members (excludes halogenated alkanes) is 1. The highest BCUT2D eigenvalue weighted by molar-refractivity contribution is 5.86. The van der Waals surface area contributed by atoms with Gasteiger partial charge in [-0.15, -0.1) is 0 Å². The lowest BCUT2D eigenvalue weighted by Gasteiger charge is -2.15. The van der Waals surface area contributed by atoms with Gasteiger partial charge in [0, 0.05) is 14.0 Å². The van der Waals surface area contributed by atoms with Gasteiger partial charge in [0.2, 0.25) is 11.8 Å². The molecule has 0 aromatic carbocycles. The first-order chi connectivity index (χ1) is 8.61. The molecule has 0 rings (SSSR count). The third kappa shape index (κ3) is 14.9. The van der Waals surface area contributed by atoms with Crippen molar-refractivity contribution in [1.82, 2.24) is 10.6 Å². The van der Waals surface area contributed by atoms with Crippen molar-refractivity contribution in [2.24, 2.45) is 5.73 Å². The van der Waals surface area contributed by atoms with Crippen LogP contribution in [0.2, 0.25) is 0 Å². The Morgan fingerprint density at radius 3 is 1.94 bits per heavy atom. The van der Waals surface area contributed by atoms with E-state index in [1.54, 1.807) is 7.05 Å². The molecule has 0 aromatic rings. The Kier molecular flexibility index (Phi) is 22.4. The van der Waals surface area contributed by atoms with E-state index in [-0.39, 0.29) is 11.8 Å². The molecule has 110 valence electrons. The zero-order valence-electron chi connectivity index (χ0n) is 12.8. The first-order valence-corrected chi connectivity index (χ1v) is 6.80. The fraction of sp³-hybridized carbons (Fsp3) is 0.846. The van der Waals surface area contributed by atoms with Gasteiger partial charge in [-0.05, 0) is 25.8 Å². The lowest BCUT2D eigenvalue weighted by molar-refractivity contribution is -0.127. The second-order valence-electron chi connectivity index (χ2n) is 3.15. The molecule has 2 amide bonds. The third-order valence-electron chi connectivity index (χ3n) is 1.89. The summed E-state index contributed by atoms with van der Waals surface area (Å²) in [4.78, 5) is 22.1. The molecule has 0 spiro atoms. The van der Waals surface area contributed by atoms with Crippen molar-refractivity contribution in [2.75, 3.05) is 13.6 Å². The molecule has 18 heavy (non-hydrogen) atoms.